The van der Waals surface area contributed by atoms with E-state index >= 15 is 0 Å². The Hall–Kier alpha value is -2.90. The van der Waals surface area contributed by atoms with E-state index in [1.165, 1.54) is 31.4 Å². The van der Waals surface area contributed by atoms with Crippen molar-refractivity contribution < 1.29 is 33.4 Å². The first-order valence-corrected chi connectivity index (χ1v) is 7.86. The van der Waals surface area contributed by atoms with Crippen LogP contribution in [0.1, 0.15) is 47.9 Å². The van der Waals surface area contributed by atoms with Crippen LogP contribution in [-0.2, 0) is 23.8 Å². The summed E-state index contributed by atoms with van der Waals surface area (Å²) in [4.78, 5) is 47.8. The van der Waals surface area contributed by atoms with Crippen molar-refractivity contribution in [1.82, 2.24) is 5.32 Å². The normalized spacial score (nSPS) is 11.9. The molecular weight excluding hydrogens is 342 g/mol. The number of amides is 1. The lowest BCUT2D eigenvalue weighted by Crippen LogP contribution is -2.44. The maximum atomic E-state index is 12.4. The first kappa shape index (κ1) is 21.1. The van der Waals surface area contributed by atoms with E-state index in [0.717, 1.165) is 7.11 Å². The van der Waals surface area contributed by atoms with Gasteiger partial charge in [-0.05, 0) is 39.0 Å². The maximum Gasteiger partial charge on any atom is 0.337 e. The third kappa shape index (κ3) is 6.54. The van der Waals surface area contributed by atoms with Crippen LogP contribution in [0.5, 0.6) is 0 Å². The van der Waals surface area contributed by atoms with E-state index in [1.807, 2.05) is 0 Å². The highest BCUT2D eigenvalue weighted by molar-refractivity contribution is 6.00. The van der Waals surface area contributed by atoms with Crippen molar-refractivity contribution in [2.45, 2.75) is 38.8 Å². The number of benzene rings is 1. The fourth-order valence-electron chi connectivity index (χ4n) is 2.03. The number of carbonyl (C=O) groups is 4. The minimum Gasteiger partial charge on any atom is -0.467 e. The predicted octanol–water partition coefficient (Wildman–Crippen LogP) is 1.48. The Kier molecular flexibility index (Phi) is 7.30. The number of ether oxygens (including phenoxy) is 3. The average Bonchev–Trinajstić information content (AvgIpc) is 2.58. The fraction of sp³-hybridized carbons (Fsp3) is 0.444. The van der Waals surface area contributed by atoms with Crippen LogP contribution in [0.15, 0.2) is 24.3 Å². The number of hydrogen-bond acceptors (Lipinski definition) is 7. The number of nitrogens with one attached hydrogen (secondary N) is 1. The molecule has 0 bridgehead atoms. The van der Waals surface area contributed by atoms with E-state index in [9.17, 15) is 19.2 Å². The zero-order chi connectivity index (χ0) is 19.9. The van der Waals surface area contributed by atoms with Gasteiger partial charge in [-0.2, -0.15) is 0 Å². The second kappa shape index (κ2) is 8.98. The molecule has 1 aromatic carbocycles. The van der Waals surface area contributed by atoms with Gasteiger partial charge in [0.1, 0.15) is 11.6 Å². The van der Waals surface area contributed by atoms with Crippen LogP contribution in [0.4, 0.5) is 0 Å². The molecule has 1 N–H and O–H groups in total. The molecule has 0 spiro atoms. The second-order valence-electron chi connectivity index (χ2n) is 6.41. The van der Waals surface area contributed by atoms with Gasteiger partial charge >= 0.3 is 17.9 Å². The summed E-state index contributed by atoms with van der Waals surface area (Å²) in [5.41, 5.74) is -0.413. The van der Waals surface area contributed by atoms with Crippen LogP contribution in [0.25, 0.3) is 0 Å². The zero-order valence-corrected chi connectivity index (χ0v) is 15.5. The molecule has 0 aliphatic carbocycles. The van der Waals surface area contributed by atoms with Gasteiger partial charge in [-0.3, -0.25) is 9.59 Å². The highest BCUT2D eigenvalue weighted by Crippen LogP contribution is 2.11. The van der Waals surface area contributed by atoms with E-state index in [-0.39, 0.29) is 17.5 Å². The molecule has 0 aliphatic rings. The van der Waals surface area contributed by atoms with Gasteiger partial charge in [0, 0.05) is 5.56 Å². The first-order chi connectivity index (χ1) is 12.1. The van der Waals surface area contributed by atoms with Crippen LogP contribution in [-0.4, -0.2) is 49.7 Å². The molecule has 1 aromatic rings. The van der Waals surface area contributed by atoms with Crippen molar-refractivity contribution >= 4 is 23.8 Å². The number of carbonyl (C=O) groups excluding carboxylic acids is 4. The Labute approximate surface area is 151 Å². The lowest BCUT2D eigenvalue weighted by Gasteiger charge is -2.22. The molecule has 142 valence electrons. The van der Waals surface area contributed by atoms with Crippen molar-refractivity contribution in [1.29, 1.82) is 0 Å². The summed E-state index contributed by atoms with van der Waals surface area (Å²) in [6, 6.07) is 4.56. The van der Waals surface area contributed by atoms with Crippen LogP contribution in [0, 0.1) is 0 Å². The number of rotatable bonds is 6. The van der Waals surface area contributed by atoms with Crippen molar-refractivity contribution in [2.75, 3.05) is 14.2 Å². The van der Waals surface area contributed by atoms with Crippen LogP contribution in [0.3, 0.4) is 0 Å². The van der Waals surface area contributed by atoms with Crippen molar-refractivity contribution in [3.05, 3.63) is 35.4 Å². The molecule has 0 saturated carbocycles. The largest absolute Gasteiger partial charge is 0.467 e. The molecule has 0 radical (unpaired) electrons. The Morgan fingerprint density at radius 1 is 1.04 bits per heavy atom. The smallest absolute Gasteiger partial charge is 0.337 e. The van der Waals surface area contributed by atoms with Crippen LogP contribution >= 0.6 is 0 Å². The molecule has 8 heteroatoms. The molecule has 26 heavy (non-hydrogen) atoms. The molecule has 1 rings (SSSR count). The standard InChI is InChI=1S/C18H23NO7/c1-18(2,3)26-14(20)10-13(17(23)25-5)19-15(21)11-7-6-8-12(9-11)16(22)24-4/h6-9,13H,10H2,1-5H3,(H,19,21)/t13-/m0/s1. The molecular formula is C18H23NO7. The summed E-state index contributed by atoms with van der Waals surface area (Å²) in [6.45, 7) is 5.07. The van der Waals surface area contributed by atoms with Crippen molar-refractivity contribution in [3.8, 4) is 0 Å². The quantitative estimate of drug-likeness (QED) is 0.601. The Balaban J connectivity index is 2.91. The molecule has 0 aliphatic heterocycles. The lowest BCUT2D eigenvalue weighted by atomic mass is 10.1. The lowest BCUT2D eigenvalue weighted by molar-refractivity contribution is -0.158. The summed E-state index contributed by atoms with van der Waals surface area (Å²) in [5, 5.41) is 2.42. The highest BCUT2D eigenvalue weighted by atomic mass is 16.6. The van der Waals surface area contributed by atoms with Gasteiger partial charge in [0.25, 0.3) is 5.91 Å². The summed E-state index contributed by atoms with van der Waals surface area (Å²) in [7, 11) is 2.37. The Morgan fingerprint density at radius 2 is 1.65 bits per heavy atom. The van der Waals surface area contributed by atoms with Gasteiger partial charge < -0.3 is 19.5 Å². The summed E-state index contributed by atoms with van der Waals surface area (Å²) in [6.07, 6.45) is -0.383. The highest BCUT2D eigenvalue weighted by Gasteiger charge is 2.28. The van der Waals surface area contributed by atoms with Gasteiger partial charge in [-0.15, -0.1) is 0 Å². The summed E-state index contributed by atoms with van der Waals surface area (Å²) < 4.78 is 14.4. The topological polar surface area (TPSA) is 108 Å². The molecule has 8 nitrogen and oxygen atoms in total. The van der Waals surface area contributed by atoms with E-state index in [2.05, 4.69) is 14.8 Å². The monoisotopic (exact) mass is 365 g/mol. The minimum absolute atomic E-state index is 0.131. The van der Waals surface area contributed by atoms with Gasteiger partial charge in [0.15, 0.2) is 0 Å². The Bertz CT molecular complexity index is 691. The van der Waals surface area contributed by atoms with E-state index in [1.54, 1.807) is 20.8 Å². The Morgan fingerprint density at radius 3 is 2.19 bits per heavy atom. The molecule has 0 heterocycles. The van der Waals surface area contributed by atoms with Gasteiger partial charge in [-0.1, -0.05) is 6.07 Å². The SMILES string of the molecule is COC(=O)c1cccc(C(=O)N[C@@H](CC(=O)OC(C)(C)C)C(=O)OC)c1. The average molecular weight is 365 g/mol. The summed E-state index contributed by atoms with van der Waals surface area (Å²) >= 11 is 0. The molecule has 1 amide bonds. The zero-order valence-electron chi connectivity index (χ0n) is 15.5. The summed E-state index contributed by atoms with van der Waals surface area (Å²) in [5.74, 6) is -2.68. The van der Waals surface area contributed by atoms with E-state index < -0.39 is 35.5 Å². The van der Waals surface area contributed by atoms with Gasteiger partial charge in [0.2, 0.25) is 0 Å². The molecule has 0 saturated heterocycles. The van der Waals surface area contributed by atoms with Crippen LogP contribution < -0.4 is 5.32 Å². The second-order valence-corrected chi connectivity index (χ2v) is 6.41. The van der Waals surface area contributed by atoms with Gasteiger partial charge in [0.05, 0.1) is 26.2 Å². The van der Waals surface area contributed by atoms with Crippen molar-refractivity contribution in [2.24, 2.45) is 0 Å². The van der Waals surface area contributed by atoms with Gasteiger partial charge in [-0.25, -0.2) is 9.59 Å². The molecule has 1 atom stereocenters. The maximum absolute atomic E-state index is 12.4. The third-order valence-corrected chi connectivity index (χ3v) is 3.13. The minimum atomic E-state index is -1.22. The number of hydrogen-bond donors (Lipinski definition) is 1. The third-order valence-electron chi connectivity index (χ3n) is 3.13. The van der Waals surface area contributed by atoms with Crippen LogP contribution in [0.2, 0.25) is 0 Å². The predicted molar refractivity (Wildman–Crippen MR) is 91.5 cm³/mol. The first-order valence-electron chi connectivity index (χ1n) is 7.86. The molecule has 0 fully saturated rings. The van der Waals surface area contributed by atoms with E-state index in [0.29, 0.717) is 0 Å². The molecule has 0 aromatic heterocycles. The number of esters is 3. The fourth-order valence-corrected chi connectivity index (χ4v) is 2.03. The molecule has 0 unspecified atom stereocenters. The van der Waals surface area contributed by atoms with Crippen molar-refractivity contribution in [3.63, 3.8) is 0 Å². The number of methoxy groups -OCH3 is 2. The van der Waals surface area contributed by atoms with E-state index in [4.69, 9.17) is 4.74 Å².